The van der Waals surface area contributed by atoms with E-state index in [9.17, 15) is 26.1 Å². The molecule has 1 atom stereocenters. The summed E-state index contributed by atoms with van der Waals surface area (Å²) in [5.74, 6) is 0. The highest BCUT2D eigenvalue weighted by molar-refractivity contribution is 7.87. The maximum Gasteiger partial charge on any atom is 0.411 e. The monoisotopic (exact) mass is 358 g/mol. The van der Waals surface area contributed by atoms with Crippen LogP contribution in [0, 0.1) is 0 Å². The second kappa shape index (κ2) is 5.58. The van der Waals surface area contributed by atoms with Crippen LogP contribution in [0.15, 0.2) is 42.5 Å². The van der Waals surface area contributed by atoms with Crippen molar-refractivity contribution in [2.24, 2.45) is 0 Å². The zero-order chi connectivity index (χ0) is 17.6. The molecule has 0 saturated carbocycles. The van der Waals surface area contributed by atoms with E-state index in [1.165, 1.54) is 6.08 Å². The molecule has 2 aromatic rings. The van der Waals surface area contributed by atoms with Crippen molar-refractivity contribution in [2.45, 2.75) is 17.5 Å². The molecule has 1 aliphatic carbocycles. The molecular formula is C16H13F3O4S. The third-order valence-corrected chi connectivity index (χ3v) is 5.15. The van der Waals surface area contributed by atoms with Crippen LogP contribution in [0.5, 0.6) is 0 Å². The van der Waals surface area contributed by atoms with Gasteiger partial charge in [-0.05, 0) is 34.0 Å². The second-order valence-corrected chi connectivity index (χ2v) is 7.24. The summed E-state index contributed by atoms with van der Waals surface area (Å²) >= 11 is 0. The summed E-state index contributed by atoms with van der Waals surface area (Å²) in [6.07, 6.45) is -2.80. The molecule has 1 unspecified atom stereocenters. The van der Waals surface area contributed by atoms with Gasteiger partial charge in [0.05, 0.1) is 0 Å². The van der Waals surface area contributed by atoms with Crippen LogP contribution in [0.3, 0.4) is 0 Å². The zero-order valence-electron chi connectivity index (χ0n) is 12.2. The Kier molecular flexibility index (Phi) is 3.94. The minimum Gasteiger partial charge on any atom is -0.344 e. The third kappa shape index (κ3) is 3.17. The Labute approximate surface area is 136 Å². The van der Waals surface area contributed by atoms with Gasteiger partial charge in [-0.15, -0.1) is 0 Å². The van der Waals surface area contributed by atoms with Gasteiger partial charge in [0.1, 0.15) is 6.61 Å². The quantitative estimate of drug-likeness (QED) is 0.852. The number of ether oxygens (including phenoxy) is 1. The minimum atomic E-state index is -4.91. The van der Waals surface area contributed by atoms with E-state index < -0.39 is 34.3 Å². The molecule has 0 radical (unpaired) electrons. The molecule has 0 aromatic heterocycles. The fourth-order valence-corrected chi connectivity index (χ4v) is 3.49. The molecule has 0 bridgehead atoms. The number of hydrogen-bond acceptors (Lipinski definition) is 3. The lowest BCUT2D eigenvalue weighted by molar-refractivity contribution is -0.186. The Balaban J connectivity index is 2.05. The Morgan fingerprint density at radius 3 is 2.38 bits per heavy atom. The van der Waals surface area contributed by atoms with E-state index >= 15 is 0 Å². The molecule has 0 amide bonds. The molecule has 1 N–H and O–H groups in total. The van der Waals surface area contributed by atoms with Crippen molar-refractivity contribution >= 4 is 27.0 Å². The number of alkyl halides is 3. The molecule has 8 heteroatoms. The van der Waals surface area contributed by atoms with E-state index in [1.54, 1.807) is 24.3 Å². The SMILES string of the molecule is O=S(=O)(O)C1(OCC(F)(F)F)C=Cc2cc3ccccc3cc2C1. The smallest absolute Gasteiger partial charge is 0.344 e. The fourth-order valence-electron chi connectivity index (χ4n) is 2.71. The zero-order valence-corrected chi connectivity index (χ0v) is 13.1. The predicted octanol–water partition coefficient (Wildman–Crippen LogP) is 3.57. The van der Waals surface area contributed by atoms with Gasteiger partial charge in [0.25, 0.3) is 10.1 Å². The van der Waals surface area contributed by atoms with E-state index in [0.717, 1.165) is 16.8 Å². The van der Waals surface area contributed by atoms with Crippen LogP contribution >= 0.6 is 0 Å². The Morgan fingerprint density at radius 2 is 1.79 bits per heavy atom. The maximum absolute atomic E-state index is 12.4. The lowest BCUT2D eigenvalue weighted by atomic mass is 9.92. The Morgan fingerprint density at radius 1 is 1.17 bits per heavy atom. The van der Waals surface area contributed by atoms with Gasteiger partial charge >= 0.3 is 6.18 Å². The first-order valence-corrected chi connectivity index (χ1v) is 8.42. The van der Waals surface area contributed by atoms with Crippen LogP contribution in [-0.4, -0.2) is 30.7 Å². The van der Waals surface area contributed by atoms with E-state index in [2.05, 4.69) is 4.74 Å². The van der Waals surface area contributed by atoms with Crippen LogP contribution in [0.2, 0.25) is 0 Å². The highest BCUT2D eigenvalue weighted by atomic mass is 32.2. The van der Waals surface area contributed by atoms with Crippen molar-refractivity contribution in [3.8, 4) is 0 Å². The van der Waals surface area contributed by atoms with Gasteiger partial charge in [-0.25, -0.2) is 0 Å². The summed E-state index contributed by atoms with van der Waals surface area (Å²) in [4.78, 5) is -2.45. The summed E-state index contributed by atoms with van der Waals surface area (Å²) in [5.41, 5.74) is 1.15. The summed E-state index contributed by atoms with van der Waals surface area (Å²) in [7, 11) is -4.91. The molecule has 3 rings (SSSR count). The molecule has 128 valence electrons. The summed E-state index contributed by atoms with van der Waals surface area (Å²) < 4.78 is 74.8. The van der Waals surface area contributed by atoms with Gasteiger partial charge in [-0.3, -0.25) is 4.55 Å². The van der Waals surface area contributed by atoms with E-state index in [-0.39, 0.29) is 0 Å². The first kappa shape index (κ1) is 16.9. The molecular weight excluding hydrogens is 345 g/mol. The molecule has 4 nitrogen and oxygen atoms in total. The topological polar surface area (TPSA) is 63.6 Å². The average molecular weight is 358 g/mol. The number of halogens is 3. The average Bonchev–Trinajstić information content (AvgIpc) is 2.49. The van der Waals surface area contributed by atoms with Crippen molar-refractivity contribution in [1.29, 1.82) is 0 Å². The number of benzene rings is 2. The number of rotatable bonds is 3. The van der Waals surface area contributed by atoms with Crippen LogP contribution in [0.25, 0.3) is 16.8 Å². The predicted molar refractivity (Wildman–Crippen MR) is 83.0 cm³/mol. The highest BCUT2D eigenvalue weighted by Gasteiger charge is 2.46. The van der Waals surface area contributed by atoms with Gasteiger partial charge in [-0.1, -0.05) is 36.4 Å². The standard InChI is InChI=1S/C16H13F3O4S/c17-16(18,19)10-23-15(24(20,21)22)6-5-13-7-11-3-1-2-4-12(11)8-14(13)9-15/h1-8H,9-10H2,(H,20,21,22). The lowest BCUT2D eigenvalue weighted by Crippen LogP contribution is -2.45. The molecule has 0 spiro atoms. The van der Waals surface area contributed by atoms with Crippen molar-refractivity contribution in [3.05, 3.63) is 53.6 Å². The first-order chi connectivity index (χ1) is 11.1. The summed E-state index contributed by atoms with van der Waals surface area (Å²) in [6, 6.07) is 10.8. The van der Waals surface area contributed by atoms with Crippen molar-refractivity contribution < 1.29 is 30.9 Å². The molecule has 0 aliphatic heterocycles. The van der Waals surface area contributed by atoms with Crippen molar-refractivity contribution in [1.82, 2.24) is 0 Å². The van der Waals surface area contributed by atoms with Gasteiger partial charge < -0.3 is 4.74 Å². The van der Waals surface area contributed by atoms with Crippen LogP contribution in [0.1, 0.15) is 11.1 Å². The summed E-state index contributed by atoms with van der Waals surface area (Å²) in [6.45, 7) is -1.78. The number of hydrogen-bond donors (Lipinski definition) is 1. The van der Waals surface area contributed by atoms with Gasteiger partial charge in [0.15, 0.2) is 0 Å². The van der Waals surface area contributed by atoms with E-state index in [4.69, 9.17) is 0 Å². The Hall–Kier alpha value is -1.90. The largest absolute Gasteiger partial charge is 0.411 e. The second-order valence-electron chi connectivity index (χ2n) is 5.60. The molecule has 1 aliphatic rings. The normalized spacial score (nSPS) is 21.0. The Bertz CT molecular complexity index is 919. The lowest BCUT2D eigenvalue weighted by Gasteiger charge is -2.31. The minimum absolute atomic E-state index is 0.404. The molecule has 0 fully saturated rings. The van der Waals surface area contributed by atoms with Crippen LogP contribution in [0.4, 0.5) is 13.2 Å². The third-order valence-electron chi connectivity index (χ3n) is 3.88. The maximum atomic E-state index is 12.4. The van der Waals surface area contributed by atoms with Gasteiger partial charge in [0, 0.05) is 6.42 Å². The van der Waals surface area contributed by atoms with E-state index in [1.807, 2.05) is 12.1 Å². The highest BCUT2D eigenvalue weighted by Crippen LogP contribution is 2.36. The van der Waals surface area contributed by atoms with Crippen LogP contribution in [-0.2, 0) is 21.3 Å². The molecule has 24 heavy (non-hydrogen) atoms. The summed E-state index contributed by atoms with van der Waals surface area (Å²) in [5, 5.41) is 1.73. The first-order valence-electron chi connectivity index (χ1n) is 6.98. The van der Waals surface area contributed by atoms with Crippen molar-refractivity contribution in [2.75, 3.05) is 6.61 Å². The fraction of sp³-hybridized carbons (Fsp3) is 0.250. The van der Waals surface area contributed by atoms with Crippen LogP contribution < -0.4 is 0 Å². The van der Waals surface area contributed by atoms with E-state index in [0.29, 0.717) is 11.1 Å². The molecule has 2 aromatic carbocycles. The molecule has 0 saturated heterocycles. The number of fused-ring (bicyclic) bond motifs is 2. The molecule has 0 heterocycles. The van der Waals surface area contributed by atoms with Gasteiger partial charge in [-0.2, -0.15) is 21.6 Å². The van der Waals surface area contributed by atoms with Gasteiger partial charge in [0.2, 0.25) is 4.93 Å². The van der Waals surface area contributed by atoms with Crippen molar-refractivity contribution in [3.63, 3.8) is 0 Å².